The number of halogens is 1. The molecule has 1 rings (SSSR count). The van der Waals surface area contributed by atoms with E-state index in [1.807, 2.05) is 17.8 Å². The summed E-state index contributed by atoms with van der Waals surface area (Å²) in [5.41, 5.74) is 1.11. The van der Waals surface area contributed by atoms with Crippen LogP contribution in [0.15, 0.2) is 17.3 Å². The van der Waals surface area contributed by atoms with E-state index in [0.717, 1.165) is 30.5 Å². The van der Waals surface area contributed by atoms with Gasteiger partial charge in [0.05, 0.1) is 12.2 Å². The van der Waals surface area contributed by atoms with Gasteiger partial charge in [0.2, 0.25) is 0 Å². The molecular weight excluding hydrogens is 377 g/mol. The molecule has 0 aliphatic rings. The van der Waals surface area contributed by atoms with Crippen molar-refractivity contribution in [2.75, 3.05) is 6.54 Å². The lowest BCUT2D eigenvalue weighted by molar-refractivity contribution is 0.489. The molecule has 1 atom stereocenters. The third-order valence-electron chi connectivity index (χ3n) is 3.23. The standard InChI is InChI=1S/C15H29N5.HI/c1-6-16-15(19-13(4)8-7-12(2)3)17-11-14-9-10-18-20(14)5;/h9-10,12-13H,6-8,11H2,1-5H3,(H2,16,17,19);1H. The largest absolute Gasteiger partial charge is 0.357 e. The molecule has 0 radical (unpaired) electrons. The van der Waals surface area contributed by atoms with Crippen molar-refractivity contribution >= 4 is 29.9 Å². The van der Waals surface area contributed by atoms with Crippen LogP contribution in [0.4, 0.5) is 0 Å². The fourth-order valence-corrected chi connectivity index (χ4v) is 1.93. The number of guanidine groups is 1. The zero-order valence-corrected chi connectivity index (χ0v) is 16.2. The van der Waals surface area contributed by atoms with Gasteiger partial charge in [-0.25, -0.2) is 4.99 Å². The van der Waals surface area contributed by atoms with E-state index in [1.165, 1.54) is 6.42 Å². The number of aryl methyl sites for hydroxylation is 1. The summed E-state index contributed by atoms with van der Waals surface area (Å²) in [7, 11) is 1.94. The molecule has 0 aromatic carbocycles. The third-order valence-corrected chi connectivity index (χ3v) is 3.23. The maximum atomic E-state index is 4.62. The first-order valence-corrected chi connectivity index (χ1v) is 7.54. The van der Waals surface area contributed by atoms with E-state index in [4.69, 9.17) is 0 Å². The van der Waals surface area contributed by atoms with Gasteiger partial charge < -0.3 is 10.6 Å². The van der Waals surface area contributed by atoms with Crippen molar-refractivity contribution in [3.8, 4) is 0 Å². The molecule has 0 aliphatic heterocycles. The normalized spacial score (nSPS) is 13.0. The number of nitrogens with zero attached hydrogens (tertiary/aromatic N) is 3. The number of hydrogen-bond acceptors (Lipinski definition) is 2. The Morgan fingerprint density at radius 2 is 2.05 bits per heavy atom. The predicted molar refractivity (Wildman–Crippen MR) is 100 cm³/mol. The van der Waals surface area contributed by atoms with Gasteiger partial charge in [-0.2, -0.15) is 5.10 Å². The molecule has 0 spiro atoms. The summed E-state index contributed by atoms with van der Waals surface area (Å²) in [6, 6.07) is 2.43. The summed E-state index contributed by atoms with van der Waals surface area (Å²) in [6.07, 6.45) is 4.19. The van der Waals surface area contributed by atoms with Crippen molar-refractivity contribution in [3.63, 3.8) is 0 Å². The molecule has 2 N–H and O–H groups in total. The molecule has 122 valence electrons. The van der Waals surface area contributed by atoms with Crippen LogP contribution in [-0.2, 0) is 13.6 Å². The number of nitrogens with one attached hydrogen (secondary N) is 2. The number of aromatic nitrogens is 2. The Morgan fingerprint density at radius 3 is 2.57 bits per heavy atom. The summed E-state index contributed by atoms with van der Waals surface area (Å²) in [5, 5.41) is 10.9. The van der Waals surface area contributed by atoms with Gasteiger partial charge in [0.15, 0.2) is 5.96 Å². The van der Waals surface area contributed by atoms with E-state index in [-0.39, 0.29) is 24.0 Å². The molecule has 0 fully saturated rings. The highest BCUT2D eigenvalue weighted by Crippen LogP contribution is 2.06. The minimum absolute atomic E-state index is 0. The molecule has 0 amide bonds. The predicted octanol–water partition coefficient (Wildman–Crippen LogP) is 2.92. The average Bonchev–Trinajstić information content (AvgIpc) is 2.79. The maximum Gasteiger partial charge on any atom is 0.191 e. The van der Waals surface area contributed by atoms with Gasteiger partial charge >= 0.3 is 0 Å². The Hall–Kier alpha value is -0.790. The summed E-state index contributed by atoms with van der Waals surface area (Å²) >= 11 is 0. The van der Waals surface area contributed by atoms with Gasteiger partial charge in [-0.1, -0.05) is 13.8 Å². The lowest BCUT2D eigenvalue weighted by atomic mass is 10.0. The smallest absolute Gasteiger partial charge is 0.191 e. The first kappa shape index (κ1) is 20.2. The lowest BCUT2D eigenvalue weighted by Crippen LogP contribution is -2.42. The van der Waals surface area contributed by atoms with E-state index in [1.54, 1.807) is 6.20 Å². The van der Waals surface area contributed by atoms with Crippen molar-refractivity contribution in [1.82, 2.24) is 20.4 Å². The van der Waals surface area contributed by atoms with E-state index in [0.29, 0.717) is 12.6 Å². The molecule has 1 aromatic rings. The van der Waals surface area contributed by atoms with Crippen molar-refractivity contribution in [1.29, 1.82) is 0 Å². The minimum Gasteiger partial charge on any atom is -0.357 e. The number of rotatable bonds is 7. The third kappa shape index (κ3) is 8.28. The molecular formula is C15H30IN5. The molecule has 5 nitrogen and oxygen atoms in total. The van der Waals surface area contributed by atoms with Crippen LogP contribution in [0.25, 0.3) is 0 Å². The second kappa shape index (κ2) is 10.9. The minimum atomic E-state index is 0. The maximum absolute atomic E-state index is 4.62. The average molecular weight is 407 g/mol. The van der Waals surface area contributed by atoms with E-state index in [2.05, 4.69) is 48.4 Å². The van der Waals surface area contributed by atoms with Crippen LogP contribution in [0.3, 0.4) is 0 Å². The molecule has 0 bridgehead atoms. The van der Waals surface area contributed by atoms with Crippen LogP contribution in [0, 0.1) is 5.92 Å². The number of aliphatic imine (C=N–C) groups is 1. The molecule has 0 aliphatic carbocycles. The van der Waals surface area contributed by atoms with Crippen LogP contribution in [0.1, 0.15) is 46.2 Å². The highest BCUT2D eigenvalue weighted by Gasteiger charge is 2.06. The highest BCUT2D eigenvalue weighted by molar-refractivity contribution is 14.0. The zero-order chi connectivity index (χ0) is 15.0. The molecule has 1 aromatic heterocycles. The zero-order valence-electron chi connectivity index (χ0n) is 13.9. The summed E-state index contributed by atoms with van der Waals surface area (Å²) in [4.78, 5) is 4.62. The Bertz CT molecular complexity index is 414. The van der Waals surface area contributed by atoms with Crippen LogP contribution in [-0.4, -0.2) is 28.3 Å². The van der Waals surface area contributed by atoms with E-state index in [9.17, 15) is 0 Å². The van der Waals surface area contributed by atoms with Crippen molar-refractivity contribution in [2.45, 2.75) is 53.1 Å². The second-order valence-corrected chi connectivity index (χ2v) is 5.66. The molecule has 1 heterocycles. The van der Waals surface area contributed by atoms with E-state index < -0.39 is 0 Å². The van der Waals surface area contributed by atoms with Gasteiger partial charge in [-0.05, 0) is 38.7 Å². The second-order valence-electron chi connectivity index (χ2n) is 5.66. The SMILES string of the molecule is CCNC(=NCc1ccnn1C)NC(C)CCC(C)C.I. The Balaban J connectivity index is 0.00000400. The first-order chi connectivity index (χ1) is 9.52. The fourth-order valence-electron chi connectivity index (χ4n) is 1.93. The topological polar surface area (TPSA) is 54.2 Å². The Labute approximate surface area is 146 Å². The molecule has 21 heavy (non-hydrogen) atoms. The molecule has 0 saturated carbocycles. The van der Waals surface area contributed by atoms with Crippen molar-refractivity contribution in [3.05, 3.63) is 18.0 Å². The van der Waals surface area contributed by atoms with Gasteiger partial charge in [0.25, 0.3) is 0 Å². The summed E-state index contributed by atoms with van der Waals surface area (Å²) in [6.45, 7) is 10.3. The van der Waals surface area contributed by atoms with Gasteiger partial charge in [0.1, 0.15) is 0 Å². The molecule has 0 saturated heterocycles. The van der Waals surface area contributed by atoms with Crippen molar-refractivity contribution < 1.29 is 0 Å². The van der Waals surface area contributed by atoms with E-state index >= 15 is 0 Å². The Morgan fingerprint density at radius 1 is 1.33 bits per heavy atom. The van der Waals surface area contributed by atoms with Crippen LogP contribution in [0.5, 0.6) is 0 Å². The molecule has 1 unspecified atom stereocenters. The summed E-state index contributed by atoms with van der Waals surface area (Å²) < 4.78 is 1.86. The first-order valence-electron chi connectivity index (χ1n) is 7.54. The molecule has 6 heteroatoms. The quantitative estimate of drug-likeness (QED) is 0.415. The monoisotopic (exact) mass is 407 g/mol. The summed E-state index contributed by atoms with van der Waals surface area (Å²) in [5.74, 6) is 1.62. The van der Waals surface area contributed by atoms with Crippen LogP contribution < -0.4 is 10.6 Å². The van der Waals surface area contributed by atoms with Gasteiger partial charge in [-0.3, -0.25) is 4.68 Å². The fraction of sp³-hybridized carbons (Fsp3) is 0.733. The number of hydrogen-bond donors (Lipinski definition) is 2. The van der Waals surface area contributed by atoms with Crippen molar-refractivity contribution in [2.24, 2.45) is 18.0 Å². The van der Waals surface area contributed by atoms with Gasteiger partial charge in [-0.15, -0.1) is 24.0 Å². The Kier molecular flexibility index (Phi) is 10.5. The van der Waals surface area contributed by atoms with Gasteiger partial charge in [0, 0.05) is 25.8 Å². The van der Waals surface area contributed by atoms with Crippen LogP contribution in [0.2, 0.25) is 0 Å². The highest BCUT2D eigenvalue weighted by atomic mass is 127. The van der Waals surface area contributed by atoms with Crippen LogP contribution >= 0.6 is 24.0 Å². The lowest BCUT2D eigenvalue weighted by Gasteiger charge is -2.18.